The maximum absolute atomic E-state index is 11.4. The van der Waals surface area contributed by atoms with E-state index in [-0.39, 0.29) is 5.91 Å². The van der Waals surface area contributed by atoms with Crippen LogP contribution in [0, 0.1) is 0 Å². The van der Waals surface area contributed by atoms with Crippen molar-refractivity contribution in [3.8, 4) is 5.75 Å². The number of likely N-dealkylation sites (tertiary alicyclic amines) is 1. The minimum absolute atomic E-state index is 0.0717. The van der Waals surface area contributed by atoms with Gasteiger partial charge in [0.2, 0.25) is 11.7 Å². The van der Waals surface area contributed by atoms with Crippen LogP contribution in [0.3, 0.4) is 0 Å². The fraction of sp³-hybridized carbons (Fsp3) is 0.650. The Kier molecular flexibility index (Phi) is 4.69. The van der Waals surface area contributed by atoms with Gasteiger partial charge >= 0.3 is 0 Å². The molecule has 1 aliphatic carbocycles. The van der Waals surface area contributed by atoms with Crippen molar-refractivity contribution in [2.45, 2.75) is 63.4 Å². The maximum atomic E-state index is 11.4. The molecule has 1 amide bonds. The van der Waals surface area contributed by atoms with Crippen molar-refractivity contribution in [3.63, 3.8) is 0 Å². The lowest BCUT2D eigenvalue weighted by atomic mass is 9.89. The van der Waals surface area contributed by atoms with Crippen LogP contribution in [0.15, 0.2) is 18.2 Å². The Bertz CT molecular complexity index is 634. The molecule has 0 atom stereocenters. The zero-order valence-corrected chi connectivity index (χ0v) is 15.1. The summed E-state index contributed by atoms with van der Waals surface area (Å²) in [4.78, 5) is 14.0. The first-order chi connectivity index (χ1) is 12.2. The summed E-state index contributed by atoms with van der Waals surface area (Å²) in [5.41, 5.74) is 2.26. The molecule has 2 fully saturated rings. The molecule has 0 aromatic heterocycles. The van der Waals surface area contributed by atoms with Crippen molar-refractivity contribution in [1.29, 1.82) is 0 Å². The molecule has 5 nitrogen and oxygen atoms in total. The Labute approximate surface area is 149 Å². The molecule has 1 aromatic rings. The molecule has 4 rings (SSSR count). The van der Waals surface area contributed by atoms with E-state index in [0.717, 1.165) is 55.3 Å². The summed E-state index contributed by atoms with van der Waals surface area (Å²) in [7, 11) is 1.67. The number of hydrogen-bond donors (Lipinski definition) is 1. The molecule has 136 valence electrons. The largest absolute Gasteiger partial charge is 0.462 e. The number of fused-ring (bicyclic) bond motifs is 1. The third-order valence-corrected chi connectivity index (χ3v) is 5.98. The number of hydrogen-bond acceptors (Lipinski definition) is 4. The predicted molar refractivity (Wildman–Crippen MR) is 95.4 cm³/mol. The Hall–Kier alpha value is -1.59. The minimum atomic E-state index is -0.434. The van der Waals surface area contributed by atoms with E-state index in [1.165, 1.54) is 19.3 Å². The van der Waals surface area contributed by atoms with Gasteiger partial charge in [0.25, 0.3) is 0 Å². The highest BCUT2D eigenvalue weighted by Crippen LogP contribution is 2.39. The number of nitrogens with zero attached hydrogens (tertiary/aromatic N) is 1. The van der Waals surface area contributed by atoms with Crippen LogP contribution in [0.2, 0.25) is 0 Å². The van der Waals surface area contributed by atoms with E-state index in [1.807, 2.05) is 0 Å². The zero-order valence-electron chi connectivity index (χ0n) is 15.1. The van der Waals surface area contributed by atoms with E-state index in [9.17, 15) is 4.79 Å². The summed E-state index contributed by atoms with van der Waals surface area (Å²) in [6.45, 7) is 2.75. The molecule has 0 unspecified atom stereocenters. The molecule has 2 aliphatic heterocycles. The van der Waals surface area contributed by atoms with E-state index in [1.54, 1.807) is 7.05 Å². The molecule has 3 aliphatic rings. The predicted octanol–water partition coefficient (Wildman–Crippen LogP) is 2.62. The normalized spacial score (nSPS) is 22.8. The van der Waals surface area contributed by atoms with Gasteiger partial charge in [-0.25, -0.2) is 0 Å². The Morgan fingerprint density at radius 2 is 2.12 bits per heavy atom. The van der Waals surface area contributed by atoms with Crippen molar-refractivity contribution >= 4 is 5.91 Å². The van der Waals surface area contributed by atoms with Crippen LogP contribution in [0.4, 0.5) is 0 Å². The maximum Gasteiger partial charge on any atom is 0.220 e. The van der Waals surface area contributed by atoms with Gasteiger partial charge < -0.3 is 14.8 Å². The molecule has 5 heteroatoms. The third-order valence-electron chi connectivity index (χ3n) is 5.98. The van der Waals surface area contributed by atoms with Crippen molar-refractivity contribution in [2.24, 2.45) is 0 Å². The standard InChI is InChI=1S/C20H28N2O3/c1-21-19(23)8-6-15-5-7-18-16(13-15)14-24-20(25-18)9-11-22(12-10-20)17-3-2-4-17/h5,7,13,17H,2-4,6,8-12,14H2,1H3,(H,21,23). The number of carbonyl (C=O) groups is 1. The van der Waals surface area contributed by atoms with E-state index in [4.69, 9.17) is 9.47 Å². The van der Waals surface area contributed by atoms with Crippen molar-refractivity contribution in [2.75, 3.05) is 20.1 Å². The monoisotopic (exact) mass is 344 g/mol. The SMILES string of the molecule is CNC(=O)CCc1ccc2c(c1)COC1(CCN(C3CCC3)CC1)O2. The highest BCUT2D eigenvalue weighted by Gasteiger charge is 2.42. The molecule has 2 heterocycles. The second kappa shape index (κ2) is 6.96. The number of nitrogens with one attached hydrogen (secondary N) is 1. The average molecular weight is 344 g/mol. The number of benzene rings is 1. The van der Waals surface area contributed by atoms with Gasteiger partial charge in [0, 0.05) is 51.0 Å². The molecular formula is C20H28N2O3. The van der Waals surface area contributed by atoms with E-state index < -0.39 is 5.79 Å². The first kappa shape index (κ1) is 16.9. The zero-order chi connectivity index (χ0) is 17.3. The van der Waals surface area contributed by atoms with Crippen LogP contribution < -0.4 is 10.1 Å². The first-order valence-electron chi connectivity index (χ1n) is 9.57. The van der Waals surface area contributed by atoms with Gasteiger partial charge in [-0.05, 0) is 37.0 Å². The smallest absolute Gasteiger partial charge is 0.220 e. The van der Waals surface area contributed by atoms with Crippen molar-refractivity contribution in [1.82, 2.24) is 10.2 Å². The quantitative estimate of drug-likeness (QED) is 0.912. The first-order valence-corrected chi connectivity index (χ1v) is 9.57. The fourth-order valence-corrected chi connectivity index (χ4v) is 4.05. The Balaban J connectivity index is 1.37. The summed E-state index contributed by atoms with van der Waals surface area (Å²) < 4.78 is 12.5. The van der Waals surface area contributed by atoms with Crippen LogP contribution in [0.5, 0.6) is 5.75 Å². The number of ether oxygens (including phenoxy) is 2. The summed E-state index contributed by atoms with van der Waals surface area (Å²) in [5, 5.41) is 2.66. The van der Waals surface area contributed by atoms with Crippen LogP contribution in [0.1, 0.15) is 49.7 Å². The Morgan fingerprint density at radius 1 is 1.32 bits per heavy atom. The molecule has 0 radical (unpaired) electrons. The third kappa shape index (κ3) is 3.53. The lowest BCUT2D eigenvalue weighted by Crippen LogP contribution is -2.54. The lowest BCUT2D eigenvalue weighted by molar-refractivity contribution is -0.231. The van der Waals surface area contributed by atoms with Gasteiger partial charge in [-0.3, -0.25) is 9.69 Å². The van der Waals surface area contributed by atoms with Gasteiger partial charge in [-0.2, -0.15) is 0 Å². The molecular weight excluding hydrogens is 316 g/mol. The summed E-state index contributed by atoms with van der Waals surface area (Å²) in [5.74, 6) is 0.589. The number of piperidine rings is 1. The molecule has 1 saturated carbocycles. The number of rotatable bonds is 4. The summed E-state index contributed by atoms with van der Waals surface area (Å²) >= 11 is 0. The van der Waals surface area contributed by atoms with Crippen molar-refractivity contribution < 1.29 is 14.3 Å². The topological polar surface area (TPSA) is 50.8 Å². The number of amides is 1. The molecule has 25 heavy (non-hydrogen) atoms. The van der Waals surface area contributed by atoms with Crippen molar-refractivity contribution in [3.05, 3.63) is 29.3 Å². The highest BCUT2D eigenvalue weighted by atomic mass is 16.7. The molecule has 1 saturated heterocycles. The molecule has 0 bridgehead atoms. The minimum Gasteiger partial charge on any atom is -0.462 e. The number of carbonyl (C=O) groups excluding carboxylic acids is 1. The lowest BCUT2D eigenvalue weighted by Gasteiger charge is -2.47. The second-order valence-electron chi connectivity index (χ2n) is 7.54. The summed E-state index contributed by atoms with van der Waals surface area (Å²) in [6.07, 6.45) is 7.25. The van der Waals surface area contributed by atoms with Crippen LogP contribution >= 0.6 is 0 Å². The van der Waals surface area contributed by atoms with E-state index in [0.29, 0.717) is 13.0 Å². The molecule has 1 spiro atoms. The van der Waals surface area contributed by atoms with Gasteiger partial charge in [-0.15, -0.1) is 0 Å². The summed E-state index contributed by atoms with van der Waals surface area (Å²) in [6, 6.07) is 7.05. The van der Waals surface area contributed by atoms with Crippen LogP contribution in [-0.4, -0.2) is 42.8 Å². The fourth-order valence-electron chi connectivity index (χ4n) is 4.05. The van der Waals surface area contributed by atoms with Gasteiger partial charge in [0.05, 0.1) is 6.61 Å². The van der Waals surface area contributed by atoms with Gasteiger partial charge in [0.15, 0.2) is 0 Å². The highest BCUT2D eigenvalue weighted by molar-refractivity contribution is 5.75. The van der Waals surface area contributed by atoms with E-state index >= 15 is 0 Å². The van der Waals surface area contributed by atoms with Gasteiger partial charge in [-0.1, -0.05) is 12.5 Å². The van der Waals surface area contributed by atoms with Crippen LogP contribution in [0.25, 0.3) is 0 Å². The molecule has 1 N–H and O–H groups in total. The van der Waals surface area contributed by atoms with Gasteiger partial charge in [0.1, 0.15) is 5.75 Å². The van der Waals surface area contributed by atoms with E-state index in [2.05, 4.69) is 28.4 Å². The second-order valence-corrected chi connectivity index (χ2v) is 7.54. The molecule has 1 aromatic carbocycles. The number of aryl methyl sites for hydroxylation is 1. The average Bonchev–Trinajstić information content (AvgIpc) is 2.60. The Morgan fingerprint density at radius 3 is 2.80 bits per heavy atom. The van der Waals surface area contributed by atoms with Crippen LogP contribution in [-0.2, 0) is 22.6 Å².